The molecule has 0 aromatic heterocycles. The first-order valence-corrected chi connectivity index (χ1v) is 2.52. The van der Waals surface area contributed by atoms with Crippen molar-refractivity contribution in [1.82, 2.24) is 0 Å². The van der Waals surface area contributed by atoms with E-state index in [2.05, 4.69) is 4.52 Å². The molecule has 0 aromatic rings. The summed E-state index contributed by atoms with van der Waals surface area (Å²) in [7, 11) is 2.33. The zero-order valence-corrected chi connectivity index (χ0v) is 5.13. The molecule has 0 saturated heterocycles. The molecule has 0 bridgehead atoms. The lowest BCUT2D eigenvalue weighted by Gasteiger charge is -1.76. The molecule has 34 valence electrons. The standard InChI is InChI=1S/C2H7OP.ClH/c1-3-4-2;/h4H,1-2H3;1H. The minimum atomic E-state index is 0. The quantitative estimate of drug-likeness (QED) is 0.467. The maximum Gasteiger partial charge on any atom is 0.0394 e. The van der Waals surface area contributed by atoms with Crippen LogP contribution < -0.4 is 0 Å². The van der Waals surface area contributed by atoms with Crippen LogP contribution in [0.4, 0.5) is 0 Å². The van der Waals surface area contributed by atoms with E-state index in [9.17, 15) is 0 Å². The number of hydrogen-bond donors (Lipinski definition) is 0. The van der Waals surface area contributed by atoms with E-state index >= 15 is 0 Å². The Morgan fingerprint density at radius 2 is 1.80 bits per heavy atom. The Balaban J connectivity index is 0. The highest BCUT2D eigenvalue weighted by Crippen LogP contribution is 1.96. The lowest BCUT2D eigenvalue weighted by Crippen LogP contribution is -1.49. The van der Waals surface area contributed by atoms with Gasteiger partial charge in [0.05, 0.1) is 0 Å². The summed E-state index contributed by atoms with van der Waals surface area (Å²) in [5, 5.41) is 0. The zero-order chi connectivity index (χ0) is 3.41. The number of hydrogen-bond acceptors (Lipinski definition) is 1. The van der Waals surface area contributed by atoms with Crippen molar-refractivity contribution in [2.24, 2.45) is 0 Å². The monoisotopic (exact) mass is 114 g/mol. The second-order valence-corrected chi connectivity index (χ2v) is 1.22. The van der Waals surface area contributed by atoms with Gasteiger partial charge < -0.3 is 4.52 Å². The van der Waals surface area contributed by atoms with Crippen molar-refractivity contribution in [2.75, 3.05) is 13.8 Å². The average molecular weight is 115 g/mol. The Morgan fingerprint density at radius 3 is 1.80 bits per heavy atom. The molecular formula is C2H8ClOP. The first-order valence-electron chi connectivity index (χ1n) is 1.11. The maximum atomic E-state index is 4.57. The molecule has 0 amide bonds. The topological polar surface area (TPSA) is 9.23 Å². The van der Waals surface area contributed by atoms with E-state index in [4.69, 9.17) is 0 Å². The molecule has 0 radical (unpaired) electrons. The molecule has 1 atom stereocenters. The molecule has 0 spiro atoms. The van der Waals surface area contributed by atoms with E-state index in [1.165, 1.54) is 0 Å². The van der Waals surface area contributed by atoms with Crippen LogP contribution in [0, 0.1) is 0 Å². The van der Waals surface area contributed by atoms with Gasteiger partial charge in [0, 0.05) is 15.9 Å². The van der Waals surface area contributed by atoms with Crippen molar-refractivity contribution in [3.05, 3.63) is 0 Å². The van der Waals surface area contributed by atoms with Gasteiger partial charge in [-0.1, -0.05) is 0 Å². The Hall–Kier alpha value is 0.680. The summed E-state index contributed by atoms with van der Waals surface area (Å²) in [4.78, 5) is 0. The van der Waals surface area contributed by atoms with E-state index in [-0.39, 0.29) is 12.4 Å². The molecule has 0 N–H and O–H groups in total. The summed E-state index contributed by atoms with van der Waals surface area (Å²) in [5.74, 6) is 0. The molecule has 0 heterocycles. The summed E-state index contributed by atoms with van der Waals surface area (Å²) in [5.41, 5.74) is 0. The van der Waals surface area contributed by atoms with Crippen LogP contribution >= 0.6 is 21.2 Å². The van der Waals surface area contributed by atoms with Gasteiger partial charge in [-0.3, -0.25) is 0 Å². The first-order chi connectivity index (χ1) is 1.91. The molecule has 1 unspecified atom stereocenters. The number of halogens is 1. The van der Waals surface area contributed by atoms with Crippen LogP contribution in [-0.2, 0) is 4.52 Å². The largest absolute Gasteiger partial charge is 0.366 e. The number of rotatable bonds is 1. The van der Waals surface area contributed by atoms with Crippen molar-refractivity contribution in [3.63, 3.8) is 0 Å². The molecule has 0 saturated carbocycles. The Labute approximate surface area is 40.4 Å². The van der Waals surface area contributed by atoms with Gasteiger partial charge in [0.15, 0.2) is 0 Å². The Kier molecular flexibility index (Phi) is 16.2. The Bertz CT molecular complexity index is 11.6. The third-order valence-electron chi connectivity index (χ3n) is 0.204. The van der Waals surface area contributed by atoms with Crippen LogP contribution in [0.3, 0.4) is 0 Å². The van der Waals surface area contributed by atoms with Crippen molar-refractivity contribution in [2.45, 2.75) is 0 Å². The van der Waals surface area contributed by atoms with E-state index in [1.807, 2.05) is 6.66 Å². The zero-order valence-electron chi connectivity index (χ0n) is 3.32. The van der Waals surface area contributed by atoms with E-state index in [0.29, 0.717) is 8.81 Å². The minimum Gasteiger partial charge on any atom is -0.366 e. The lowest BCUT2D eigenvalue weighted by atomic mass is 11.8. The van der Waals surface area contributed by atoms with Gasteiger partial charge >= 0.3 is 0 Å². The third-order valence-corrected chi connectivity index (χ3v) is 0.612. The molecule has 0 fully saturated rings. The van der Waals surface area contributed by atoms with Gasteiger partial charge in [0.2, 0.25) is 0 Å². The molecule has 3 heteroatoms. The molecule has 0 rings (SSSR count). The highest BCUT2D eigenvalue weighted by molar-refractivity contribution is 7.31. The van der Waals surface area contributed by atoms with Crippen LogP contribution in [0.1, 0.15) is 0 Å². The van der Waals surface area contributed by atoms with Crippen molar-refractivity contribution >= 4 is 21.2 Å². The van der Waals surface area contributed by atoms with Gasteiger partial charge in [-0.05, 0) is 6.66 Å². The van der Waals surface area contributed by atoms with Gasteiger partial charge in [-0.15, -0.1) is 12.4 Å². The fourth-order valence-corrected chi connectivity index (χ4v) is 0. The van der Waals surface area contributed by atoms with Gasteiger partial charge in [-0.2, -0.15) is 0 Å². The van der Waals surface area contributed by atoms with E-state index in [1.54, 1.807) is 7.11 Å². The van der Waals surface area contributed by atoms with Crippen LogP contribution in [0.2, 0.25) is 0 Å². The third kappa shape index (κ3) is 11.9. The molecular weight excluding hydrogens is 106 g/mol. The summed E-state index contributed by atoms with van der Waals surface area (Å²) in [6.45, 7) is 1.99. The van der Waals surface area contributed by atoms with Crippen molar-refractivity contribution < 1.29 is 4.52 Å². The lowest BCUT2D eigenvalue weighted by molar-refractivity contribution is 0.479. The predicted octanol–water partition coefficient (Wildman–Crippen LogP) is 1.28. The van der Waals surface area contributed by atoms with Gasteiger partial charge in [-0.25, -0.2) is 0 Å². The molecule has 0 aromatic carbocycles. The summed E-state index contributed by atoms with van der Waals surface area (Å²) in [6.07, 6.45) is 0. The smallest absolute Gasteiger partial charge is 0.0394 e. The van der Waals surface area contributed by atoms with Gasteiger partial charge in [0.25, 0.3) is 0 Å². The Morgan fingerprint density at radius 1 is 1.60 bits per heavy atom. The fraction of sp³-hybridized carbons (Fsp3) is 1.00. The van der Waals surface area contributed by atoms with Crippen LogP contribution in [0.5, 0.6) is 0 Å². The summed E-state index contributed by atoms with van der Waals surface area (Å²) in [6, 6.07) is 0. The van der Waals surface area contributed by atoms with E-state index < -0.39 is 0 Å². The maximum absolute atomic E-state index is 4.57. The summed E-state index contributed by atoms with van der Waals surface area (Å²) >= 11 is 0. The molecule has 1 nitrogen and oxygen atoms in total. The molecule has 0 aliphatic carbocycles. The van der Waals surface area contributed by atoms with E-state index in [0.717, 1.165) is 0 Å². The average Bonchev–Trinajstić information content (AvgIpc) is 1.37. The van der Waals surface area contributed by atoms with Crippen LogP contribution in [0.15, 0.2) is 0 Å². The molecule has 5 heavy (non-hydrogen) atoms. The molecule has 0 aliphatic rings. The van der Waals surface area contributed by atoms with Crippen LogP contribution in [0.25, 0.3) is 0 Å². The first kappa shape index (κ1) is 9.19. The van der Waals surface area contributed by atoms with Gasteiger partial charge in [0.1, 0.15) is 0 Å². The van der Waals surface area contributed by atoms with Crippen LogP contribution in [-0.4, -0.2) is 13.8 Å². The minimum absolute atomic E-state index is 0. The highest BCUT2D eigenvalue weighted by atomic mass is 35.5. The second kappa shape index (κ2) is 8.82. The SMILES string of the molecule is COPC.Cl. The predicted molar refractivity (Wildman–Crippen MR) is 28.5 cm³/mol. The van der Waals surface area contributed by atoms with Crippen molar-refractivity contribution in [1.29, 1.82) is 0 Å². The second-order valence-electron chi connectivity index (χ2n) is 0.408. The highest BCUT2D eigenvalue weighted by Gasteiger charge is 1.51. The summed E-state index contributed by atoms with van der Waals surface area (Å²) < 4.78 is 4.57. The van der Waals surface area contributed by atoms with Crippen molar-refractivity contribution in [3.8, 4) is 0 Å². The molecule has 0 aliphatic heterocycles. The fourth-order valence-electron chi connectivity index (χ4n) is 0. The normalized spacial score (nSPS) is 8.40.